The van der Waals surface area contributed by atoms with E-state index in [1.807, 2.05) is 0 Å². The summed E-state index contributed by atoms with van der Waals surface area (Å²) in [4.78, 5) is 4.69. The van der Waals surface area contributed by atoms with Crippen LogP contribution in [0.2, 0.25) is 0 Å². The molecule has 1 heterocycles. The molecule has 2 rings (SSSR count). The van der Waals surface area contributed by atoms with E-state index in [0.717, 1.165) is 12.8 Å². The van der Waals surface area contributed by atoms with E-state index in [1.165, 1.54) is 17.0 Å². The minimum atomic E-state index is 0.141. The van der Waals surface area contributed by atoms with Crippen LogP contribution in [0.1, 0.15) is 50.2 Å². The van der Waals surface area contributed by atoms with Gasteiger partial charge < -0.3 is 5.73 Å². The van der Waals surface area contributed by atoms with Gasteiger partial charge in [0.2, 0.25) is 0 Å². The van der Waals surface area contributed by atoms with Crippen LogP contribution in [0.4, 0.5) is 0 Å². The standard InChI is InChI=1S/C12H18N2/c1-12(2,3)11-7-4-8-9(13)5-6-10(8)14-11/h4,7,9H,5-6,13H2,1-3H3. The Hall–Kier alpha value is -0.890. The molecule has 0 aliphatic heterocycles. The highest BCUT2D eigenvalue weighted by Gasteiger charge is 2.23. The van der Waals surface area contributed by atoms with Crippen LogP contribution in [-0.2, 0) is 11.8 Å². The fourth-order valence-electron chi connectivity index (χ4n) is 1.92. The zero-order valence-corrected chi connectivity index (χ0v) is 9.17. The van der Waals surface area contributed by atoms with Crippen LogP contribution < -0.4 is 5.73 Å². The third-order valence-corrected chi connectivity index (χ3v) is 2.87. The number of aromatic nitrogens is 1. The van der Waals surface area contributed by atoms with Gasteiger partial charge in [0.25, 0.3) is 0 Å². The third-order valence-electron chi connectivity index (χ3n) is 2.87. The summed E-state index contributed by atoms with van der Waals surface area (Å²) < 4.78 is 0. The Balaban J connectivity index is 2.42. The highest BCUT2D eigenvalue weighted by molar-refractivity contribution is 5.32. The van der Waals surface area contributed by atoms with Gasteiger partial charge in [0.1, 0.15) is 0 Å². The molecule has 2 heteroatoms. The number of nitrogens with zero attached hydrogens (tertiary/aromatic N) is 1. The Morgan fingerprint density at radius 1 is 1.36 bits per heavy atom. The van der Waals surface area contributed by atoms with E-state index in [0.29, 0.717) is 0 Å². The van der Waals surface area contributed by atoms with Gasteiger partial charge in [-0.3, -0.25) is 4.98 Å². The van der Waals surface area contributed by atoms with E-state index >= 15 is 0 Å². The molecule has 1 aromatic rings. The fourth-order valence-corrected chi connectivity index (χ4v) is 1.92. The van der Waals surface area contributed by atoms with Crippen LogP contribution in [0.15, 0.2) is 12.1 Å². The molecule has 0 fully saturated rings. The number of hydrogen-bond acceptors (Lipinski definition) is 2. The quantitative estimate of drug-likeness (QED) is 0.682. The van der Waals surface area contributed by atoms with E-state index in [-0.39, 0.29) is 11.5 Å². The normalized spacial score (nSPS) is 21.0. The largest absolute Gasteiger partial charge is 0.324 e. The van der Waals surface area contributed by atoms with Crippen LogP contribution in [0.5, 0.6) is 0 Å². The molecule has 1 aliphatic carbocycles. The molecule has 0 aromatic carbocycles. The second kappa shape index (κ2) is 3.06. The van der Waals surface area contributed by atoms with Crippen molar-refractivity contribution < 1.29 is 0 Å². The predicted molar refractivity (Wildman–Crippen MR) is 58.2 cm³/mol. The van der Waals surface area contributed by atoms with Gasteiger partial charge in [0.15, 0.2) is 0 Å². The SMILES string of the molecule is CC(C)(C)c1ccc2c(n1)CCC2N. The molecule has 1 aromatic heterocycles. The van der Waals surface area contributed by atoms with Gasteiger partial charge in [-0.2, -0.15) is 0 Å². The molecule has 14 heavy (non-hydrogen) atoms. The molecule has 2 N–H and O–H groups in total. The maximum atomic E-state index is 5.97. The molecule has 0 radical (unpaired) electrons. The summed E-state index contributed by atoms with van der Waals surface area (Å²) in [6.45, 7) is 6.57. The molecular formula is C12H18N2. The molecule has 0 spiro atoms. The first kappa shape index (κ1) is 9.66. The Labute approximate surface area is 85.5 Å². The van der Waals surface area contributed by atoms with Gasteiger partial charge in [-0.05, 0) is 24.5 Å². The van der Waals surface area contributed by atoms with E-state index in [2.05, 4.69) is 32.9 Å². The van der Waals surface area contributed by atoms with E-state index in [1.54, 1.807) is 0 Å². The van der Waals surface area contributed by atoms with Crippen molar-refractivity contribution in [1.29, 1.82) is 0 Å². The Kier molecular flexibility index (Phi) is 2.11. The average Bonchev–Trinajstić information content (AvgIpc) is 2.46. The molecule has 2 nitrogen and oxygen atoms in total. The Morgan fingerprint density at radius 2 is 2.07 bits per heavy atom. The van der Waals surface area contributed by atoms with Crippen molar-refractivity contribution in [3.63, 3.8) is 0 Å². The van der Waals surface area contributed by atoms with Crippen LogP contribution >= 0.6 is 0 Å². The summed E-state index contributed by atoms with van der Waals surface area (Å²) >= 11 is 0. The summed E-state index contributed by atoms with van der Waals surface area (Å²) in [6, 6.07) is 4.48. The minimum Gasteiger partial charge on any atom is -0.324 e. The van der Waals surface area contributed by atoms with Gasteiger partial charge in [-0.25, -0.2) is 0 Å². The maximum absolute atomic E-state index is 5.97. The summed E-state index contributed by atoms with van der Waals surface area (Å²) in [5.74, 6) is 0. The zero-order valence-electron chi connectivity index (χ0n) is 9.17. The number of hydrogen-bond donors (Lipinski definition) is 1. The van der Waals surface area contributed by atoms with Crippen LogP contribution in [-0.4, -0.2) is 4.98 Å². The van der Waals surface area contributed by atoms with Gasteiger partial charge in [-0.15, -0.1) is 0 Å². The topological polar surface area (TPSA) is 38.9 Å². The predicted octanol–water partition coefficient (Wildman–Crippen LogP) is 2.33. The number of rotatable bonds is 0. The summed E-state index contributed by atoms with van der Waals surface area (Å²) in [5, 5.41) is 0. The molecule has 0 saturated heterocycles. The van der Waals surface area contributed by atoms with Crippen molar-refractivity contribution in [3.05, 3.63) is 29.1 Å². The summed E-state index contributed by atoms with van der Waals surface area (Å²) in [5.41, 5.74) is 9.74. The molecule has 0 amide bonds. The number of nitrogens with two attached hydrogens (primary N) is 1. The van der Waals surface area contributed by atoms with Gasteiger partial charge in [-0.1, -0.05) is 26.8 Å². The van der Waals surface area contributed by atoms with Crippen molar-refractivity contribution >= 4 is 0 Å². The van der Waals surface area contributed by atoms with Crippen molar-refractivity contribution in [2.75, 3.05) is 0 Å². The second-order valence-electron chi connectivity index (χ2n) is 5.13. The third kappa shape index (κ3) is 1.55. The van der Waals surface area contributed by atoms with Crippen molar-refractivity contribution in [2.45, 2.75) is 45.1 Å². The average molecular weight is 190 g/mol. The second-order valence-corrected chi connectivity index (χ2v) is 5.13. The van der Waals surface area contributed by atoms with Gasteiger partial charge in [0, 0.05) is 22.8 Å². The molecule has 1 unspecified atom stereocenters. The lowest BCUT2D eigenvalue weighted by atomic mass is 9.91. The molecule has 76 valence electrons. The lowest BCUT2D eigenvalue weighted by Crippen LogP contribution is -2.15. The zero-order chi connectivity index (χ0) is 10.3. The first-order chi connectivity index (χ1) is 6.48. The molecular weight excluding hydrogens is 172 g/mol. The highest BCUT2D eigenvalue weighted by Crippen LogP contribution is 2.30. The van der Waals surface area contributed by atoms with Crippen LogP contribution in [0, 0.1) is 0 Å². The first-order valence-electron chi connectivity index (χ1n) is 5.24. The lowest BCUT2D eigenvalue weighted by molar-refractivity contribution is 0.566. The first-order valence-corrected chi connectivity index (χ1v) is 5.24. The molecule has 0 saturated carbocycles. The number of fused-ring (bicyclic) bond motifs is 1. The number of aryl methyl sites for hydroxylation is 1. The minimum absolute atomic E-state index is 0.141. The van der Waals surface area contributed by atoms with Gasteiger partial charge >= 0.3 is 0 Å². The molecule has 1 atom stereocenters. The van der Waals surface area contributed by atoms with Crippen LogP contribution in [0.25, 0.3) is 0 Å². The number of pyridine rings is 1. The smallest absolute Gasteiger partial charge is 0.0460 e. The van der Waals surface area contributed by atoms with Crippen molar-refractivity contribution in [3.8, 4) is 0 Å². The van der Waals surface area contributed by atoms with Crippen molar-refractivity contribution in [1.82, 2.24) is 4.98 Å². The lowest BCUT2D eigenvalue weighted by Gasteiger charge is -2.18. The highest BCUT2D eigenvalue weighted by atomic mass is 14.8. The summed E-state index contributed by atoms with van der Waals surface area (Å²) in [7, 11) is 0. The fraction of sp³-hybridized carbons (Fsp3) is 0.583. The monoisotopic (exact) mass is 190 g/mol. The molecule has 1 aliphatic rings. The van der Waals surface area contributed by atoms with Crippen LogP contribution in [0.3, 0.4) is 0 Å². The Morgan fingerprint density at radius 3 is 2.71 bits per heavy atom. The van der Waals surface area contributed by atoms with E-state index < -0.39 is 0 Å². The van der Waals surface area contributed by atoms with E-state index in [4.69, 9.17) is 10.7 Å². The van der Waals surface area contributed by atoms with E-state index in [9.17, 15) is 0 Å². The summed E-state index contributed by atoms with van der Waals surface area (Å²) in [6.07, 6.45) is 2.09. The van der Waals surface area contributed by atoms with Crippen molar-refractivity contribution in [2.24, 2.45) is 5.73 Å². The maximum Gasteiger partial charge on any atom is 0.0460 e. The Bertz CT molecular complexity index is 350. The van der Waals surface area contributed by atoms with Gasteiger partial charge in [0.05, 0.1) is 0 Å². The molecule has 0 bridgehead atoms.